The summed E-state index contributed by atoms with van der Waals surface area (Å²) in [5.41, 5.74) is 2.77. The highest BCUT2D eigenvalue weighted by molar-refractivity contribution is 5.99. The van der Waals surface area contributed by atoms with Crippen LogP contribution in [0.5, 0.6) is 0 Å². The van der Waals surface area contributed by atoms with Crippen LogP contribution in [0.3, 0.4) is 0 Å². The van der Waals surface area contributed by atoms with Crippen LogP contribution < -0.4 is 0 Å². The van der Waals surface area contributed by atoms with Crippen molar-refractivity contribution in [3.63, 3.8) is 0 Å². The van der Waals surface area contributed by atoms with Gasteiger partial charge in [-0.1, -0.05) is 31.0 Å². The Morgan fingerprint density at radius 1 is 1.19 bits per heavy atom. The van der Waals surface area contributed by atoms with Crippen LogP contribution in [0.4, 0.5) is 0 Å². The van der Waals surface area contributed by atoms with Gasteiger partial charge in [-0.3, -0.25) is 4.79 Å². The molecule has 0 fully saturated rings. The average Bonchev–Trinajstić information content (AvgIpc) is 2.16. The zero-order chi connectivity index (χ0) is 12.3. The summed E-state index contributed by atoms with van der Waals surface area (Å²) in [7, 11) is 0. The standard InChI is InChI=1S/C14H17NO/c1-9(2)13(8-15)14(16)12-6-10(3)5-11(4)7-12/h5-7,9,13H,1-4H3. The molecule has 1 aromatic carbocycles. The Morgan fingerprint density at radius 3 is 2.06 bits per heavy atom. The van der Waals surface area contributed by atoms with Crippen LogP contribution in [0.2, 0.25) is 0 Å². The molecular formula is C14H17NO. The molecule has 0 amide bonds. The summed E-state index contributed by atoms with van der Waals surface area (Å²) < 4.78 is 0. The Balaban J connectivity index is 3.09. The molecule has 0 N–H and O–H groups in total. The van der Waals surface area contributed by atoms with Crippen molar-refractivity contribution in [2.45, 2.75) is 27.7 Å². The predicted octanol–water partition coefficient (Wildman–Crippen LogP) is 3.28. The van der Waals surface area contributed by atoms with Crippen molar-refractivity contribution in [3.8, 4) is 6.07 Å². The molecule has 16 heavy (non-hydrogen) atoms. The first-order valence-electron chi connectivity index (χ1n) is 5.48. The van der Waals surface area contributed by atoms with E-state index >= 15 is 0 Å². The number of nitriles is 1. The van der Waals surface area contributed by atoms with E-state index in [1.807, 2.05) is 45.9 Å². The van der Waals surface area contributed by atoms with Crippen molar-refractivity contribution in [3.05, 3.63) is 34.9 Å². The molecule has 84 valence electrons. The summed E-state index contributed by atoms with van der Waals surface area (Å²) in [4.78, 5) is 12.1. The van der Waals surface area contributed by atoms with Gasteiger partial charge in [0.2, 0.25) is 0 Å². The third kappa shape index (κ3) is 2.70. The summed E-state index contributed by atoms with van der Waals surface area (Å²) in [5, 5.41) is 9.00. The van der Waals surface area contributed by atoms with Crippen LogP contribution >= 0.6 is 0 Å². The summed E-state index contributed by atoms with van der Waals surface area (Å²) in [5.74, 6) is -0.552. The van der Waals surface area contributed by atoms with E-state index in [9.17, 15) is 4.79 Å². The van der Waals surface area contributed by atoms with E-state index in [-0.39, 0.29) is 11.7 Å². The maximum absolute atomic E-state index is 12.1. The molecule has 1 atom stereocenters. The fourth-order valence-corrected chi connectivity index (χ4v) is 1.81. The zero-order valence-corrected chi connectivity index (χ0v) is 10.2. The van der Waals surface area contributed by atoms with Gasteiger partial charge in [0.1, 0.15) is 5.92 Å². The maximum atomic E-state index is 12.1. The van der Waals surface area contributed by atoms with Crippen LogP contribution in [0.1, 0.15) is 35.3 Å². The second-order valence-corrected chi connectivity index (χ2v) is 4.59. The van der Waals surface area contributed by atoms with Crippen LogP contribution in [-0.2, 0) is 0 Å². The monoisotopic (exact) mass is 215 g/mol. The van der Waals surface area contributed by atoms with E-state index in [0.717, 1.165) is 11.1 Å². The van der Waals surface area contributed by atoms with E-state index in [2.05, 4.69) is 6.07 Å². The lowest BCUT2D eigenvalue weighted by Gasteiger charge is -2.12. The number of benzene rings is 1. The van der Waals surface area contributed by atoms with Gasteiger partial charge in [-0.05, 0) is 31.9 Å². The number of aryl methyl sites for hydroxylation is 2. The van der Waals surface area contributed by atoms with Gasteiger partial charge in [-0.15, -0.1) is 0 Å². The number of hydrogen-bond acceptors (Lipinski definition) is 2. The molecule has 1 rings (SSSR count). The minimum atomic E-state index is -0.541. The van der Waals surface area contributed by atoms with Crippen molar-refractivity contribution in [1.82, 2.24) is 0 Å². The normalized spacial score (nSPS) is 12.2. The number of ketones is 1. The second-order valence-electron chi connectivity index (χ2n) is 4.59. The highest BCUT2D eigenvalue weighted by atomic mass is 16.1. The SMILES string of the molecule is Cc1cc(C)cc(C(=O)C(C#N)C(C)C)c1. The minimum Gasteiger partial charge on any atom is -0.293 e. The smallest absolute Gasteiger partial charge is 0.180 e. The van der Waals surface area contributed by atoms with Crippen LogP contribution in [-0.4, -0.2) is 5.78 Å². The van der Waals surface area contributed by atoms with E-state index in [1.54, 1.807) is 0 Å². The van der Waals surface area contributed by atoms with Crippen molar-refractivity contribution in [2.24, 2.45) is 11.8 Å². The number of carbonyl (C=O) groups is 1. The Labute approximate surface area is 96.9 Å². The summed E-state index contributed by atoms with van der Waals surface area (Å²) in [6.45, 7) is 7.71. The third-order valence-corrected chi connectivity index (χ3v) is 2.59. The Kier molecular flexibility index (Phi) is 3.84. The van der Waals surface area contributed by atoms with Crippen LogP contribution in [0, 0.1) is 37.0 Å². The average molecular weight is 215 g/mol. The topological polar surface area (TPSA) is 40.9 Å². The van der Waals surface area contributed by atoms with Gasteiger partial charge in [0, 0.05) is 5.56 Å². The van der Waals surface area contributed by atoms with Gasteiger partial charge < -0.3 is 0 Å². The fourth-order valence-electron chi connectivity index (χ4n) is 1.81. The lowest BCUT2D eigenvalue weighted by Crippen LogP contribution is -2.18. The van der Waals surface area contributed by atoms with E-state index in [1.165, 1.54) is 0 Å². The molecule has 1 aromatic rings. The molecule has 2 nitrogen and oxygen atoms in total. The van der Waals surface area contributed by atoms with Crippen molar-refractivity contribution in [2.75, 3.05) is 0 Å². The lowest BCUT2D eigenvalue weighted by atomic mass is 9.88. The van der Waals surface area contributed by atoms with Gasteiger partial charge >= 0.3 is 0 Å². The molecule has 0 saturated carbocycles. The van der Waals surface area contributed by atoms with Gasteiger partial charge in [-0.2, -0.15) is 5.26 Å². The number of hydrogen-bond donors (Lipinski definition) is 0. The van der Waals surface area contributed by atoms with Crippen molar-refractivity contribution in [1.29, 1.82) is 5.26 Å². The fraction of sp³-hybridized carbons (Fsp3) is 0.429. The maximum Gasteiger partial charge on any atom is 0.180 e. The summed E-state index contributed by atoms with van der Waals surface area (Å²) in [6, 6.07) is 7.81. The number of Topliss-reactive ketones (excluding diaryl/α,β-unsaturated/α-hetero) is 1. The lowest BCUT2D eigenvalue weighted by molar-refractivity contribution is 0.0924. The summed E-state index contributed by atoms with van der Waals surface area (Å²) in [6.07, 6.45) is 0. The molecule has 0 radical (unpaired) electrons. The minimum absolute atomic E-state index is 0.0540. The zero-order valence-electron chi connectivity index (χ0n) is 10.2. The Morgan fingerprint density at radius 2 is 1.69 bits per heavy atom. The first-order chi connectivity index (χ1) is 7.45. The molecule has 0 saturated heterocycles. The predicted molar refractivity (Wildman–Crippen MR) is 64.2 cm³/mol. The molecular weight excluding hydrogens is 198 g/mol. The highest BCUT2D eigenvalue weighted by Crippen LogP contribution is 2.18. The Bertz CT molecular complexity index is 420. The van der Waals surface area contributed by atoms with Gasteiger partial charge in [0.25, 0.3) is 0 Å². The first kappa shape index (κ1) is 12.4. The number of rotatable bonds is 3. The first-order valence-corrected chi connectivity index (χ1v) is 5.48. The third-order valence-electron chi connectivity index (χ3n) is 2.59. The van der Waals surface area contributed by atoms with E-state index in [4.69, 9.17) is 5.26 Å². The van der Waals surface area contributed by atoms with Crippen molar-refractivity contribution < 1.29 is 4.79 Å². The van der Waals surface area contributed by atoms with E-state index < -0.39 is 5.92 Å². The van der Waals surface area contributed by atoms with Crippen LogP contribution in [0.25, 0.3) is 0 Å². The molecule has 0 aliphatic heterocycles. The molecule has 0 aliphatic carbocycles. The van der Waals surface area contributed by atoms with Crippen LogP contribution in [0.15, 0.2) is 18.2 Å². The van der Waals surface area contributed by atoms with Gasteiger partial charge in [0.05, 0.1) is 6.07 Å². The highest BCUT2D eigenvalue weighted by Gasteiger charge is 2.23. The van der Waals surface area contributed by atoms with Gasteiger partial charge in [0.15, 0.2) is 5.78 Å². The molecule has 0 heterocycles. The molecule has 0 aliphatic rings. The molecule has 1 unspecified atom stereocenters. The molecule has 2 heteroatoms. The number of nitrogens with zero attached hydrogens (tertiary/aromatic N) is 1. The molecule has 0 aromatic heterocycles. The Hall–Kier alpha value is -1.62. The number of carbonyl (C=O) groups excluding carboxylic acids is 1. The summed E-state index contributed by atoms with van der Waals surface area (Å²) >= 11 is 0. The molecule has 0 spiro atoms. The van der Waals surface area contributed by atoms with E-state index in [0.29, 0.717) is 5.56 Å². The quantitative estimate of drug-likeness (QED) is 0.726. The van der Waals surface area contributed by atoms with Gasteiger partial charge in [-0.25, -0.2) is 0 Å². The second kappa shape index (κ2) is 4.94. The molecule has 0 bridgehead atoms. The largest absolute Gasteiger partial charge is 0.293 e. The van der Waals surface area contributed by atoms with Crippen molar-refractivity contribution >= 4 is 5.78 Å².